The molecule has 0 aliphatic carbocycles. The van der Waals surface area contributed by atoms with Crippen molar-refractivity contribution in [2.24, 2.45) is 0 Å². The molecule has 0 aliphatic heterocycles. The maximum atomic E-state index is 13.6. The van der Waals surface area contributed by atoms with Gasteiger partial charge in [0.1, 0.15) is 12.4 Å². The van der Waals surface area contributed by atoms with E-state index in [1.807, 2.05) is 24.3 Å². The molecule has 0 heterocycles. The molecule has 0 aromatic heterocycles. The van der Waals surface area contributed by atoms with Gasteiger partial charge in [0.15, 0.2) is 11.6 Å². The van der Waals surface area contributed by atoms with Crippen LogP contribution in [0.1, 0.15) is 25.0 Å². The summed E-state index contributed by atoms with van der Waals surface area (Å²) in [5.74, 6) is -1.03. The Morgan fingerprint density at radius 1 is 1.00 bits per heavy atom. The fraction of sp³-hybridized carbons (Fsp3) is 0.294. The molecule has 21 heavy (non-hydrogen) atoms. The number of halogens is 2. The average Bonchev–Trinajstić information content (AvgIpc) is 2.47. The van der Waals surface area contributed by atoms with Gasteiger partial charge in [0.25, 0.3) is 0 Å². The highest BCUT2D eigenvalue weighted by Gasteiger charge is 2.09. The number of para-hydroxylation sites is 1. The third-order valence-electron chi connectivity index (χ3n) is 3.09. The molecule has 0 atom stereocenters. The monoisotopic (exact) mass is 291 g/mol. The number of benzene rings is 2. The first-order valence-electron chi connectivity index (χ1n) is 6.95. The zero-order chi connectivity index (χ0) is 15.2. The quantitative estimate of drug-likeness (QED) is 0.867. The van der Waals surface area contributed by atoms with Gasteiger partial charge in [-0.3, -0.25) is 0 Å². The van der Waals surface area contributed by atoms with Gasteiger partial charge in [0, 0.05) is 23.7 Å². The van der Waals surface area contributed by atoms with Gasteiger partial charge in [-0.25, -0.2) is 8.78 Å². The van der Waals surface area contributed by atoms with E-state index in [-0.39, 0.29) is 12.2 Å². The Kier molecular flexibility index (Phi) is 5.28. The lowest BCUT2D eigenvalue weighted by atomic mass is 10.2. The summed E-state index contributed by atoms with van der Waals surface area (Å²) in [5.41, 5.74) is 1.20. The van der Waals surface area contributed by atoms with Gasteiger partial charge in [-0.15, -0.1) is 0 Å². The molecule has 0 radical (unpaired) electrons. The number of rotatable bonds is 6. The zero-order valence-electron chi connectivity index (χ0n) is 12.2. The van der Waals surface area contributed by atoms with Crippen LogP contribution in [0.5, 0.6) is 5.75 Å². The van der Waals surface area contributed by atoms with E-state index in [4.69, 9.17) is 4.74 Å². The van der Waals surface area contributed by atoms with E-state index in [2.05, 4.69) is 19.2 Å². The largest absolute Gasteiger partial charge is 0.488 e. The Morgan fingerprint density at radius 3 is 2.48 bits per heavy atom. The van der Waals surface area contributed by atoms with E-state index in [0.717, 1.165) is 11.6 Å². The Bertz CT molecular complexity index is 599. The normalized spacial score (nSPS) is 10.9. The van der Waals surface area contributed by atoms with Crippen molar-refractivity contribution in [3.8, 4) is 5.75 Å². The van der Waals surface area contributed by atoms with Crippen molar-refractivity contribution >= 4 is 0 Å². The molecule has 0 bridgehead atoms. The second-order valence-electron chi connectivity index (χ2n) is 5.14. The average molecular weight is 291 g/mol. The molecule has 4 heteroatoms. The van der Waals surface area contributed by atoms with Crippen LogP contribution in [0.4, 0.5) is 8.78 Å². The van der Waals surface area contributed by atoms with Gasteiger partial charge in [-0.05, 0) is 12.1 Å². The number of ether oxygens (including phenoxy) is 1. The predicted molar refractivity (Wildman–Crippen MR) is 79.1 cm³/mol. The van der Waals surface area contributed by atoms with Crippen molar-refractivity contribution in [1.29, 1.82) is 0 Å². The molecule has 0 fully saturated rings. The second kappa shape index (κ2) is 7.18. The van der Waals surface area contributed by atoms with Crippen molar-refractivity contribution in [1.82, 2.24) is 5.32 Å². The smallest absolute Gasteiger partial charge is 0.165 e. The lowest BCUT2D eigenvalue weighted by Crippen LogP contribution is -2.22. The molecule has 112 valence electrons. The fourth-order valence-electron chi connectivity index (χ4n) is 1.92. The zero-order valence-corrected chi connectivity index (χ0v) is 12.2. The molecule has 2 rings (SSSR count). The molecule has 2 aromatic rings. The van der Waals surface area contributed by atoms with Crippen LogP contribution in [0.2, 0.25) is 0 Å². The molecule has 2 aromatic carbocycles. The van der Waals surface area contributed by atoms with Crippen LogP contribution in [0.3, 0.4) is 0 Å². The molecule has 0 unspecified atom stereocenters. The molecule has 0 spiro atoms. The van der Waals surface area contributed by atoms with Crippen molar-refractivity contribution in [3.05, 3.63) is 65.2 Å². The minimum atomic E-state index is -0.856. The van der Waals surface area contributed by atoms with Crippen molar-refractivity contribution < 1.29 is 13.5 Å². The maximum absolute atomic E-state index is 13.6. The van der Waals surface area contributed by atoms with Crippen LogP contribution in [0.25, 0.3) is 0 Å². The lowest BCUT2D eigenvalue weighted by Gasteiger charge is -2.14. The van der Waals surface area contributed by atoms with E-state index >= 15 is 0 Å². The van der Waals surface area contributed by atoms with E-state index in [0.29, 0.717) is 18.3 Å². The maximum Gasteiger partial charge on any atom is 0.165 e. The molecular formula is C17H19F2NO. The molecule has 0 amide bonds. The van der Waals surface area contributed by atoms with E-state index < -0.39 is 11.6 Å². The summed E-state index contributed by atoms with van der Waals surface area (Å²) in [7, 11) is 0. The summed E-state index contributed by atoms with van der Waals surface area (Å²) >= 11 is 0. The second-order valence-corrected chi connectivity index (χ2v) is 5.14. The fourth-order valence-corrected chi connectivity index (χ4v) is 1.92. The third kappa shape index (κ3) is 4.26. The van der Waals surface area contributed by atoms with Gasteiger partial charge in [-0.2, -0.15) is 0 Å². The number of hydrogen-bond donors (Lipinski definition) is 1. The SMILES string of the molecule is CC(C)NCc1ccccc1OCc1cccc(F)c1F. The predicted octanol–water partition coefficient (Wildman–Crippen LogP) is 4.04. The van der Waals surface area contributed by atoms with Gasteiger partial charge < -0.3 is 10.1 Å². The molecule has 0 saturated heterocycles. The summed E-state index contributed by atoms with van der Waals surface area (Å²) < 4.78 is 32.4. The Hall–Kier alpha value is -1.94. The van der Waals surface area contributed by atoms with Gasteiger partial charge in [0.2, 0.25) is 0 Å². The topological polar surface area (TPSA) is 21.3 Å². The minimum absolute atomic E-state index is 0.00227. The lowest BCUT2D eigenvalue weighted by molar-refractivity contribution is 0.293. The Labute approximate surface area is 123 Å². The highest BCUT2D eigenvalue weighted by Crippen LogP contribution is 2.20. The van der Waals surface area contributed by atoms with Crippen LogP contribution < -0.4 is 10.1 Å². The van der Waals surface area contributed by atoms with Crippen molar-refractivity contribution in [2.75, 3.05) is 0 Å². The molecule has 0 saturated carbocycles. The summed E-state index contributed by atoms with van der Waals surface area (Å²) in [5, 5.41) is 3.31. The molecule has 2 nitrogen and oxygen atoms in total. The molecule has 0 aliphatic rings. The third-order valence-corrected chi connectivity index (χ3v) is 3.09. The number of hydrogen-bond acceptors (Lipinski definition) is 2. The Morgan fingerprint density at radius 2 is 1.71 bits per heavy atom. The highest BCUT2D eigenvalue weighted by atomic mass is 19.2. The summed E-state index contributed by atoms with van der Waals surface area (Å²) in [4.78, 5) is 0. The first-order chi connectivity index (χ1) is 10.1. The summed E-state index contributed by atoms with van der Waals surface area (Å²) in [6.07, 6.45) is 0. The first-order valence-corrected chi connectivity index (χ1v) is 6.95. The Balaban J connectivity index is 2.07. The standard InChI is InChI=1S/C17H19F2NO/c1-12(2)20-10-13-6-3-4-9-16(13)21-11-14-7-5-8-15(18)17(14)19/h3-9,12,20H,10-11H2,1-2H3. The number of nitrogens with one attached hydrogen (secondary N) is 1. The van der Waals surface area contributed by atoms with E-state index in [1.165, 1.54) is 12.1 Å². The minimum Gasteiger partial charge on any atom is -0.488 e. The molecular weight excluding hydrogens is 272 g/mol. The van der Waals surface area contributed by atoms with Crippen molar-refractivity contribution in [3.63, 3.8) is 0 Å². The van der Waals surface area contributed by atoms with Gasteiger partial charge in [-0.1, -0.05) is 44.2 Å². The van der Waals surface area contributed by atoms with Crippen LogP contribution >= 0.6 is 0 Å². The molecule has 1 N–H and O–H groups in total. The summed E-state index contributed by atoms with van der Waals surface area (Å²) in [6.45, 7) is 4.79. The van der Waals surface area contributed by atoms with Gasteiger partial charge in [0.05, 0.1) is 0 Å². The van der Waals surface area contributed by atoms with Gasteiger partial charge >= 0.3 is 0 Å². The van der Waals surface area contributed by atoms with Crippen molar-refractivity contribution in [2.45, 2.75) is 33.0 Å². The van der Waals surface area contributed by atoms with Crippen LogP contribution in [-0.2, 0) is 13.2 Å². The van der Waals surface area contributed by atoms with E-state index in [9.17, 15) is 8.78 Å². The van der Waals surface area contributed by atoms with E-state index in [1.54, 1.807) is 0 Å². The van der Waals surface area contributed by atoms with Crippen LogP contribution in [-0.4, -0.2) is 6.04 Å². The van der Waals surface area contributed by atoms with Crippen LogP contribution in [0.15, 0.2) is 42.5 Å². The highest BCUT2D eigenvalue weighted by molar-refractivity contribution is 5.33. The van der Waals surface area contributed by atoms with Crippen LogP contribution in [0, 0.1) is 11.6 Å². The first kappa shape index (κ1) is 15.4. The summed E-state index contributed by atoms with van der Waals surface area (Å²) in [6, 6.07) is 12.0.